The number of para-hydroxylation sites is 1. The lowest BCUT2D eigenvalue weighted by atomic mass is 10.0. The molecule has 0 saturated heterocycles. The third-order valence-electron chi connectivity index (χ3n) is 4.74. The summed E-state index contributed by atoms with van der Waals surface area (Å²) in [5.74, 6) is 0.563. The van der Waals surface area contributed by atoms with Gasteiger partial charge in [-0.3, -0.25) is 4.98 Å². The van der Waals surface area contributed by atoms with Gasteiger partial charge in [0.05, 0.1) is 12.0 Å². The topological polar surface area (TPSA) is 48.2 Å². The molecule has 2 aromatic carbocycles. The molecule has 27 heavy (non-hydrogen) atoms. The zero-order valence-electron chi connectivity index (χ0n) is 15.4. The quantitative estimate of drug-likeness (QED) is 0.403. The number of hydrogen-bond donors (Lipinski definition) is 0. The van der Waals surface area contributed by atoms with Crippen molar-refractivity contribution in [3.05, 3.63) is 78.1 Å². The van der Waals surface area contributed by atoms with E-state index in [1.54, 1.807) is 6.20 Å². The summed E-state index contributed by atoms with van der Waals surface area (Å²) in [6, 6.07) is 18.5. The Morgan fingerprint density at radius 3 is 2.67 bits per heavy atom. The van der Waals surface area contributed by atoms with Gasteiger partial charge in [-0.05, 0) is 54.6 Å². The molecule has 0 aliphatic rings. The largest absolute Gasteiger partial charge is 0.475 e. The Balaban J connectivity index is 1.43. The van der Waals surface area contributed by atoms with E-state index in [4.69, 9.17) is 9.26 Å². The molecule has 0 unspecified atom stereocenters. The predicted octanol–water partition coefficient (Wildman–Crippen LogP) is 5.60. The molecule has 0 amide bonds. The van der Waals surface area contributed by atoms with E-state index in [9.17, 15) is 0 Å². The lowest BCUT2D eigenvalue weighted by molar-refractivity contribution is 0.277. The van der Waals surface area contributed by atoms with Gasteiger partial charge < -0.3 is 9.26 Å². The number of ether oxygens (including phenoxy) is 1. The zero-order chi connectivity index (χ0) is 18.5. The molecule has 2 heterocycles. The molecule has 2 aromatic heterocycles. The number of aromatic nitrogens is 2. The first-order valence-electron chi connectivity index (χ1n) is 9.29. The molecule has 0 N–H and O–H groups in total. The lowest BCUT2D eigenvalue weighted by Crippen LogP contribution is -1.98. The molecule has 0 atom stereocenters. The highest BCUT2D eigenvalue weighted by Gasteiger charge is 2.15. The van der Waals surface area contributed by atoms with E-state index >= 15 is 0 Å². The van der Waals surface area contributed by atoms with Gasteiger partial charge >= 0.3 is 0 Å². The van der Waals surface area contributed by atoms with Crippen LogP contribution in [0.4, 0.5) is 0 Å². The van der Waals surface area contributed by atoms with Crippen molar-refractivity contribution < 1.29 is 9.26 Å². The fraction of sp³-hybridized carbons (Fsp3) is 0.217. The van der Waals surface area contributed by atoms with Gasteiger partial charge in [-0.1, -0.05) is 42.5 Å². The smallest absolute Gasteiger partial charge is 0.262 e. The number of pyridine rings is 1. The van der Waals surface area contributed by atoms with E-state index in [0.29, 0.717) is 12.5 Å². The summed E-state index contributed by atoms with van der Waals surface area (Å²) in [7, 11) is 0. The molecule has 4 heteroatoms. The van der Waals surface area contributed by atoms with Crippen LogP contribution in [-0.4, -0.2) is 16.7 Å². The van der Waals surface area contributed by atoms with Gasteiger partial charge in [0, 0.05) is 23.5 Å². The summed E-state index contributed by atoms with van der Waals surface area (Å²) in [5.41, 5.74) is 5.30. The molecule has 136 valence electrons. The van der Waals surface area contributed by atoms with E-state index in [1.165, 1.54) is 5.56 Å². The van der Waals surface area contributed by atoms with Crippen molar-refractivity contribution in [1.29, 1.82) is 0 Å². The van der Waals surface area contributed by atoms with Crippen LogP contribution in [0.1, 0.15) is 24.0 Å². The molecule has 4 nitrogen and oxygen atoms in total. The van der Waals surface area contributed by atoms with Crippen LogP contribution >= 0.6 is 0 Å². The first-order chi connectivity index (χ1) is 13.3. The van der Waals surface area contributed by atoms with E-state index in [2.05, 4.69) is 41.3 Å². The van der Waals surface area contributed by atoms with Gasteiger partial charge in [-0.15, -0.1) is 0 Å². The summed E-state index contributed by atoms with van der Waals surface area (Å²) >= 11 is 0. The van der Waals surface area contributed by atoms with E-state index in [1.807, 2.05) is 36.5 Å². The van der Waals surface area contributed by atoms with Crippen molar-refractivity contribution in [2.45, 2.75) is 26.2 Å². The molecule has 0 fully saturated rings. The highest BCUT2D eigenvalue weighted by Crippen LogP contribution is 2.34. The minimum absolute atomic E-state index is 0.563. The summed E-state index contributed by atoms with van der Waals surface area (Å²) in [5, 5.41) is 5.05. The summed E-state index contributed by atoms with van der Waals surface area (Å²) in [6.45, 7) is 2.70. The number of hydrogen-bond acceptors (Lipinski definition) is 4. The number of unbranched alkanes of at least 4 members (excludes halogenated alkanes) is 1. The second-order valence-electron chi connectivity index (χ2n) is 6.65. The fourth-order valence-corrected chi connectivity index (χ4v) is 3.25. The average Bonchev–Trinajstić information content (AvgIpc) is 3.12. The highest BCUT2D eigenvalue weighted by molar-refractivity contribution is 5.95. The number of fused-ring (bicyclic) bond motifs is 1. The SMILES string of the molecule is Cc1ccncc1-c1cccc2c(OCCCCc3ccccc3)noc12. The van der Waals surface area contributed by atoms with Crippen LogP contribution in [0.15, 0.2) is 71.5 Å². The normalized spacial score (nSPS) is 11.0. The molecule has 4 rings (SSSR count). The van der Waals surface area contributed by atoms with Crippen molar-refractivity contribution in [3.8, 4) is 17.0 Å². The average molecular weight is 358 g/mol. The number of benzene rings is 2. The van der Waals surface area contributed by atoms with Crippen LogP contribution in [-0.2, 0) is 6.42 Å². The van der Waals surface area contributed by atoms with Crippen molar-refractivity contribution in [1.82, 2.24) is 10.1 Å². The fourth-order valence-electron chi connectivity index (χ4n) is 3.25. The van der Waals surface area contributed by atoms with Gasteiger partial charge in [0.25, 0.3) is 5.88 Å². The van der Waals surface area contributed by atoms with Crippen LogP contribution in [0.5, 0.6) is 5.88 Å². The van der Waals surface area contributed by atoms with Gasteiger partial charge in [-0.2, -0.15) is 0 Å². The zero-order valence-corrected chi connectivity index (χ0v) is 15.4. The number of aryl methyl sites for hydroxylation is 2. The highest BCUT2D eigenvalue weighted by atomic mass is 16.5. The monoisotopic (exact) mass is 358 g/mol. The molecule has 0 aliphatic carbocycles. The second kappa shape index (κ2) is 8.04. The first-order valence-corrected chi connectivity index (χ1v) is 9.29. The molecule has 0 spiro atoms. The standard InChI is InChI=1S/C23H22N2O2/c1-17-13-14-24-16-21(17)19-11-7-12-20-22(19)27-25-23(20)26-15-6-5-10-18-8-3-2-4-9-18/h2-4,7-9,11-14,16H,5-6,10,15H2,1H3. The molecule has 0 saturated carbocycles. The third kappa shape index (κ3) is 3.85. The molecule has 4 aromatic rings. The first kappa shape index (κ1) is 17.3. The minimum atomic E-state index is 0.563. The van der Waals surface area contributed by atoms with Crippen molar-refractivity contribution in [3.63, 3.8) is 0 Å². The van der Waals surface area contributed by atoms with Crippen molar-refractivity contribution in [2.24, 2.45) is 0 Å². The Kier molecular flexibility index (Phi) is 5.15. The Morgan fingerprint density at radius 1 is 0.926 bits per heavy atom. The summed E-state index contributed by atoms with van der Waals surface area (Å²) in [4.78, 5) is 4.24. The van der Waals surface area contributed by atoms with Gasteiger partial charge in [0.15, 0.2) is 5.58 Å². The number of nitrogens with zero attached hydrogens (tertiary/aromatic N) is 2. The van der Waals surface area contributed by atoms with Crippen molar-refractivity contribution >= 4 is 11.0 Å². The van der Waals surface area contributed by atoms with Crippen LogP contribution in [0.3, 0.4) is 0 Å². The maximum Gasteiger partial charge on any atom is 0.262 e. The van der Waals surface area contributed by atoms with Crippen LogP contribution in [0.2, 0.25) is 0 Å². The Morgan fingerprint density at radius 2 is 1.81 bits per heavy atom. The number of rotatable bonds is 7. The predicted molar refractivity (Wildman–Crippen MR) is 107 cm³/mol. The second-order valence-corrected chi connectivity index (χ2v) is 6.65. The molecular formula is C23H22N2O2. The summed E-state index contributed by atoms with van der Waals surface area (Å²) < 4.78 is 11.5. The van der Waals surface area contributed by atoms with Crippen LogP contribution in [0, 0.1) is 6.92 Å². The van der Waals surface area contributed by atoms with Gasteiger partial charge in [0.1, 0.15) is 0 Å². The molecule has 0 aliphatic heterocycles. The maximum absolute atomic E-state index is 5.90. The third-order valence-corrected chi connectivity index (χ3v) is 4.74. The Hall–Kier alpha value is -3.14. The van der Waals surface area contributed by atoms with E-state index in [-0.39, 0.29) is 0 Å². The van der Waals surface area contributed by atoms with E-state index < -0.39 is 0 Å². The molecule has 0 bridgehead atoms. The van der Waals surface area contributed by atoms with E-state index in [0.717, 1.165) is 46.9 Å². The molecular weight excluding hydrogens is 336 g/mol. The molecule has 0 radical (unpaired) electrons. The minimum Gasteiger partial charge on any atom is -0.475 e. The Bertz CT molecular complexity index is 1020. The van der Waals surface area contributed by atoms with Crippen LogP contribution < -0.4 is 4.74 Å². The maximum atomic E-state index is 5.90. The van der Waals surface area contributed by atoms with Crippen molar-refractivity contribution in [2.75, 3.05) is 6.61 Å². The van der Waals surface area contributed by atoms with Gasteiger partial charge in [-0.25, -0.2) is 0 Å². The summed E-state index contributed by atoms with van der Waals surface area (Å²) in [6.07, 6.45) is 6.78. The van der Waals surface area contributed by atoms with Crippen LogP contribution in [0.25, 0.3) is 22.1 Å². The lowest BCUT2D eigenvalue weighted by Gasteiger charge is -2.05. The van der Waals surface area contributed by atoms with Gasteiger partial charge in [0.2, 0.25) is 0 Å². The Labute approximate surface area is 158 Å².